The SMILES string of the molecule is Cc1nnc(NC(=O)CN2C(=O)C(C)(C)Oc3ccc([N+](=O)[O-])nc32)s1. The molecule has 136 valence electrons. The molecule has 1 aliphatic rings. The lowest BCUT2D eigenvalue weighted by Gasteiger charge is -2.35. The van der Waals surface area contributed by atoms with E-state index in [9.17, 15) is 19.7 Å². The minimum absolute atomic E-state index is 0.0767. The van der Waals surface area contributed by atoms with Crippen LogP contribution in [0.1, 0.15) is 18.9 Å². The number of nitrogens with one attached hydrogen (secondary N) is 1. The molecule has 0 saturated carbocycles. The van der Waals surface area contributed by atoms with E-state index in [1.807, 2.05) is 0 Å². The average Bonchev–Trinajstić information content (AvgIpc) is 2.96. The third-order valence-electron chi connectivity index (χ3n) is 3.47. The second kappa shape index (κ2) is 6.29. The number of ether oxygens (including phenoxy) is 1. The minimum atomic E-state index is -1.25. The van der Waals surface area contributed by atoms with Crippen LogP contribution >= 0.6 is 11.3 Å². The Morgan fingerprint density at radius 1 is 1.42 bits per heavy atom. The van der Waals surface area contributed by atoms with Gasteiger partial charge in [-0.1, -0.05) is 11.3 Å². The summed E-state index contributed by atoms with van der Waals surface area (Å²) in [4.78, 5) is 40.2. The maximum absolute atomic E-state index is 12.7. The molecule has 1 N–H and O–H groups in total. The van der Waals surface area contributed by atoms with Crippen LogP contribution in [0.4, 0.5) is 16.8 Å². The lowest BCUT2D eigenvalue weighted by molar-refractivity contribution is -0.389. The van der Waals surface area contributed by atoms with Gasteiger partial charge < -0.3 is 14.9 Å². The van der Waals surface area contributed by atoms with Gasteiger partial charge in [0, 0.05) is 6.07 Å². The fraction of sp³-hybridized carbons (Fsp3) is 0.357. The Labute approximate surface area is 151 Å². The first kappa shape index (κ1) is 17.7. The fourth-order valence-electron chi connectivity index (χ4n) is 2.34. The molecule has 11 nitrogen and oxygen atoms in total. The summed E-state index contributed by atoms with van der Waals surface area (Å²) in [5.41, 5.74) is -1.25. The van der Waals surface area contributed by atoms with Crippen molar-refractivity contribution in [3.05, 3.63) is 27.3 Å². The Kier molecular flexibility index (Phi) is 4.28. The molecule has 0 bridgehead atoms. The molecule has 1 aliphatic heterocycles. The number of carbonyl (C=O) groups excluding carboxylic acids is 2. The number of nitrogens with zero attached hydrogens (tertiary/aromatic N) is 5. The van der Waals surface area contributed by atoms with Crippen molar-refractivity contribution in [3.8, 4) is 5.75 Å². The highest BCUT2D eigenvalue weighted by atomic mass is 32.1. The smallest absolute Gasteiger partial charge is 0.366 e. The van der Waals surface area contributed by atoms with E-state index >= 15 is 0 Å². The molecule has 26 heavy (non-hydrogen) atoms. The fourth-order valence-corrected chi connectivity index (χ4v) is 2.94. The Balaban J connectivity index is 1.91. The first-order valence-electron chi connectivity index (χ1n) is 7.44. The Morgan fingerprint density at radius 2 is 2.15 bits per heavy atom. The summed E-state index contributed by atoms with van der Waals surface area (Å²) in [6.45, 7) is 4.42. The molecule has 0 fully saturated rings. The van der Waals surface area contributed by atoms with Crippen LogP contribution in [0, 0.1) is 17.0 Å². The molecule has 2 aromatic heterocycles. The lowest BCUT2D eigenvalue weighted by atomic mass is 10.1. The van der Waals surface area contributed by atoms with Gasteiger partial charge in [0.1, 0.15) is 11.6 Å². The lowest BCUT2D eigenvalue weighted by Crippen LogP contribution is -2.54. The molecule has 0 aromatic carbocycles. The van der Waals surface area contributed by atoms with Gasteiger partial charge in [-0.2, -0.15) is 0 Å². The van der Waals surface area contributed by atoms with Crippen LogP contribution < -0.4 is 15.0 Å². The number of aryl methyl sites for hydroxylation is 1. The molecule has 2 aromatic rings. The van der Waals surface area contributed by atoms with Crippen molar-refractivity contribution < 1.29 is 19.2 Å². The van der Waals surface area contributed by atoms with Crippen molar-refractivity contribution in [2.45, 2.75) is 26.4 Å². The number of hydrogen-bond donors (Lipinski definition) is 1. The molecule has 0 saturated heterocycles. The van der Waals surface area contributed by atoms with E-state index in [4.69, 9.17) is 4.74 Å². The zero-order valence-corrected chi connectivity index (χ0v) is 14.9. The number of anilines is 2. The zero-order valence-electron chi connectivity index (χ0n) is 14.0. The monoisotopic (exact) mass is 378 g/mol. The largest absolute Gasteiger partial charge is 0.472 e. The molecule has 0 radical (unpaired) electrons. The van der Waals surface area contributed by atoms with Gasteiger partial charge in [-0.25, -0.2) is 0 Å². The van der Waals surface area contributed by atoms with Crippen molar-refractivity contribution in [2.75, 3.05) is 16.8 Å². The third kappa shape index (κ3) is 3.31. The number of nitro groups is 1. The van der Waals surface area contributed by atoms with Crippen molar-refractivity contribution in [1.29, 1.82) is 0 Å². The molecule has 0 aliphatic carbocycles. The summed E-state index contributed by atoms with van der Waals surface area (Å²) in [5.74, 6) is -1.43. The van der Waals surface area contributed by atoms with E-state index < -0.39 is 34.7 Å². The number of carbonyl (C=O) groups is 2. The number of rotatable bonds is 4. The van der Waals surface area contributed by atoms with Crippen molar-refractivity contribution in [2.24, 2.45) is 0 Å². The molecule has 0 atom stereocenters. The molecule has 12 heteroatoms. The van der Waals surface area contributed by atoms with Crippen LogP contribution in [0.2, 0.25) is 0 Å². The average molecular weight is 378 g/mol. The van der Waals surface area contributed by atoms with Gasteiger partial charge in [-0.15, -0.1) is 10.2 Å². The predicted molar refractivity (Wildman–Crippen MR) is 91.2 cm³/mol. The quantitative estimate of drug-likeness (QED) is 0.620. The predicted octanol–water partition coefficient (Wildman–Crippen LogP) is 1.29. The van der Waals surface area contributed by atoms with Crippen molar-refractivity contribution >= 4 is 39.9 Å². The normalized spacial score (nSPS) is 15.2. The van der Waals surface area contributed by atoms with Crippen LogP contribution in [0.5, 0.6) is 5.75 Å². The Hall–Kier alpha value is -3.15. The number of aromatic nitrogens is 3. The Bertz CT molecular complexity index is 911. The summed E-state index contributed by atoms with van der Waals surface area (Å²) in [6, 6.07) is 2.53. The summed E-state index contributed by atoms with van der Waals surface area (Å²) in [6.07, 6.45) is 0. The molecule has 2 amide bonds. The molecule has 3 heterocycles. The van der Waals surface area contributed by atoms with E-state index in [2.05, 4.69) is 20.5 Å². The topological polar surface area (TPSA) is 140 Å². The van der Waals surface area contributed by atoms with E-state index in [0.29, 0.717) is 10.1 Å². The van der Waals surface area contributed by atoms with Crippen LogP contribution in [0.25, 0.3) is 0 Å². The second-order valence-corrected chi connectivity index (χ2v) is 7.11. The maximum atomic E-state index is 12.7. The van der Waals surface area contributed by atoms with Gasteiger partial charge in [-0.3, -0.25) is 19.8 Å². The van der Waals surface area contributed by atoms with E-state index in [-0.39, 0.29) is 11.6 Å². The van der Waals surface area contributed by atoms with E-state index in [1.165, 1.54) is 23.5 Å². The number of fused-ring (bicyclic) bond motifs is 1. The first-order chi connectivity index (χ1) is 12.2. The maximum Gasteiger partial charge on any atom is 0.366 e. The highest BCUT2D eigenvalue weighted by Gasteiger charge is 2.45. The molecular weight excluding hydrogens is 364 g/mol. The third-order valence-corrected chi connectivity index (χ3v) is 4.22. The summed E-state index contributed by atoms with van der Waals surface area (Å²) in [7, 11) is 0. The van der Waals surface area contributed by atoms with Crippen LogP contribution in [-0.2, 0) is 9.59 Å². The van der Waals surface area contributed by atoms with Crippen LogP contribution in [0.15, 0.2) is 12.1 Å². The van der Waals surface area contributed by atoms with Gasteiger partial charge in [0.2, 0.25) is 11.0 Å². The molecule has 3 rings (SSSR count). The number of pyridine rings is 1. The van der Waals surface area contributed by atoms with Crippen LogP contribution in [0.3, 0.4) is 0 Å². The van der Waals surface area contributed by atoms with Crippen molar-refractivity contribution in [1.82, 2.24) is 15.2 Å². The van der Waals surface area contributed by atoms with Gasteiger partial charge in [-0.05, 0) is 36.7 Å². The van der Waals surface area contributed by atoms with Gasteiger partial charge in [0.15, 0.2) is 11.4 Å². The first-order valence-corrected chi connectivity index (χ1v) is 8.25. The van der Waals surface area contributed by atoms with Gasteiger partial charge in [0.05, 0.1) is 0 Å². The standard InChI is InChI=1S/C14H14N6O5S/c1-7-17-18-13(26-7)16-10(21)6-19-11-8(25-14(2,3)12(19)22)4-5-9(15-11)20(23)24/h4-5H,6H2,1-3H3,(H,16,18,21). The number of amides is 2. The Morgan fingerprint density at radius 3 is 2.77 bits per heavy atom. The number of hydrogen-bond acceptors (Lipinski definition) is 9. The highest BCUT2D eigenvalue weighted by molar-refractivity contribution is 7.15. The van der Waals surface area contributed by atoms with Gasteiger partial charge >= 0.3 is 5.82 Å². The molecule has 0 unspecified atom stereocenters. The van der Waals surface area contributed by atoms with Gasteiger partial charge in [0.25, 0.3) is 11.7 Å². The van der Waals surface area contributed by atoms with E-state index in [0.717, 1.165) is 4.90 Å². The second-order valence-electron chi connectivity index (χ2n) is 5.93. The van der Waals surface area contributed by atoms with Crippen molar-refractivity contribution in [3.63, 3.8) is 0 Å². The molecular formula is C14H14N6O5S. The van der Waals surface area contributed by atoms with E-state index in [1.54, 1.807) is 20.8 Å². The van der Waals surface area contributed by atoms with Crippen LogP contribution in [-0.4, -0.2) is 44.1 Å². The summed E-state index contributed by atoms with van der Waals surface area (Å²) in [5, 5.41) is 22.0. The molecule has 0 spiro atoms. The minimum Gasteiger partial charge on any atom is -0.472 e. The highest BCUT2D eigenvalue weighted by Crippen LogP contribution is 2.37. The zero-order chi connectivity index (χ0) is 19.1. The summed E-state index contributed by atoms with van der Waals surface area (Å²) >= 11 is 1.18. The summed E-state index contributed by atoms with van der Waals surface area (Å²) < 4.78 is 5.57.